The summed E-state index contributed by atoms with van der Waals surface area (Å²) in [4.78, 5) is 8.66. The van der Waals surface area contributed by atoms with E-state index in [9.17, 15) is 5.11 Å². The highest BCUT2D eigenvalue weighted by Gasteiger charge is 2.23. The van der Waals surface area contributed by atoms with Crippen LogP contribution in [0.3, 0.4) is 0 Å². The minimum absolute atomic E-state index is 0.209. The van der Waals surface area contributed by atoms with Crippen molar-refractivity contribution in [2.75, 3.05) is 32.1 Å². The molecule has 0 saturated carbocycles. The highest BCUT2D eigenvalue weighted by atomic mass is 35.5. The predicted molar refractivity (Wildman–Crippen MR) is 109 cm³/mol. The van der Waals surface area contributed by atoms with Crippen molar-refractivity contribution in [2.45, 2.75) is 6.42 Å². The number of hydrogen-bond donors (Lipinski definition) is 2. The molecule has 0 unspecified atom stereocenters. The van der Waals surface area contributed by atoms with E-state index in [4.69, 9.17) is 17.3 Å². The zero-order valence-corrected chi connectivity index (χ0v) is 15.7. The summed E-state index contributed by atoms with van der Waals surface area (Å²) < 4.78 is 0. The van der Waals surface area contributed by atoms with Crippen molar-refractivity contribution < 1.29 is 5.11 Å². The Hall–Kier alpha value is -2.66. The van der Waals surface area contributed by atoms with E-state index >= 15 is 0 Å². The maximum atomic E-state index is 9.87. The lowest BCUT2D eigenvalue weighted by Crippen LogP contribution is -2.30. The Bertz CT molecular complexity index is 860. The zero-order chi connectivity index (χ0) is 18.7. The predicted octanol–water partition coefficient (Wildman–Crippen LogP) is 3.54. The van der Waals surface area contributed by atoms with Gasteiger partial charge in [0.05, 0.1) is 16.4 Å². The van der Waals surface area contributed by atoms with Crippen LogP contribution in [0.1, 0.15) is 12.0 Å². The van der Waals surface area contributed by atoms with Crippen LogP contribution in [0.2, 0.25) is 5.02 Å². The number of phenols is 1. The van der Waals surface area contributed by atoms with Gasteiger partial charge < -0.3 is 20.6 Å². The van der Waals surface area contributed by atoms with Gasteiger partial charge in [-0.25, -0.2) is 4.99 Å². The third-order valence-corrected chi connectivity index (χ3v) is 4.72. The summed E-state index contributed by atoms with van der Waals surface area (Å²) in [6.45, 7) is 1.58. The molecular weight excluding hydrogens is 348 g/mol. The second kappa shape index (κ2) is 7.70. The highest BCUT2D eigenvalue weighted by molar-refractivity contribution is 6.33. The summed E-state index contributed by atoms with van der Waals surface area (Å²) in [5, 5.41) is 10.6. The van der Waals surface area contributed by atoms with Crippen LogP contribution in [-0.2, 0) is 0 Å². The molecule has 136 valence electrons. The Morgan fingerprint density at radius 1 is 1.19 bits per heavy atom. The summed E-state index contributed by atoms with van der Waals surface area (Å²) in [6.07, 6.45) is 0.862. The van der Waals surface area contributed by atoms with Crippen LogP contribution in [0.5, 0.6) is 5.75 Å². The molecule has 5 nitrogen and oxygen atoms in total. The van der Waals surface area contributed by atoms with Crippen molar-refractivity contribution in [1.82, 2.24) is 4.90 Å². The van der Waals surface area contributed by atoms with Crippen LogP contribution in [0.25, 0.3) is 5.70 Å². The molecule has 3 rings (SSSR count). The Labute approximate surface area is 159 Å². The van der Waals surface area contributed by atoms with E-state index in [0.717, 1.165) is 41.5 Å². The molecule has 1 saturated heterocycles. The second-order valence-corrected chi connectivity index (χ2v) is 6.90. The Kier molecular flexibility index (Phi) is 5.38. The molecule has 6 heteroatoms. The number of phenolic OH excluding ortho intramolecular Hbond substituents is 1. The van der Waals surface area contributed by atoms with Gasteiger partial charge in [0, 0.05) is 32.7 Å². The van der Waals surface area contributed by atoms with E-state index in [1.165, 1.54) is 5.57 Å². The van der Waals surface area contributed by atoms with Crippen molar-refractivity contribution in [3.63, 3.8) is 0 Å². The molecule has 1 aliphatic heterocycles. The molecule has 2 aromatic carbocycles. The zero-order valence-electron chi connectivity index (χ0n) is 15.0. The lowest BCUT2D eigenvalue weighted by Gasteiger charge is -2.19. The smallest absolute Gasteiger partial charge is 0.195 e. The molecule has 0 amide bonds. The fraction of sp³-hybridized carbons (Fsp3) is 0.250. The van der Waals surface area contributed by atoms with Crippen LogP contribution in [0.15, 0.2) is 59.1 Å². The van der Waals surface area contributed by atoms with Gasteiger partial charge in [-0.2, -0.15) is 0 Å². The number of guanidine groups is 1. The maximum Gasteiger partial charge on any atom is 0.195 e. The molecule has 1 heterocycles. The van der Waals surface area contributed by atoms with Gasteiger partial charge >= 0.3 is 0 Å². The average Bonchev–Trinajstić information content (AvgIpc) is 3.09. The molecule has 0 atom stereocenters. The Morgan fingerprint density at radius 2 is 1.96 bits per heavy atom. The van der Waals surface area contributed by atoms with E-state index in [0.29, 0.717) is 5.96 Å². The monoisotopic (exact) mass is 370 g/mol. The SMILES string of the molecule is CN(C)C(N)=N/C(=C1/CCN(c2ccccc2Cl)C1)c1cccc(O)c1. The topological polar surface area (TPSA) is 65.1 Å². The quantitative estimate of drug-likeness (QED) is 0.640. The number of halogens is 1. The number of anilines is 1. The van der Waals surface area contributed by atoms with E-state index < -0.39 is 0 Å². The molecule has 0 aliphatic carbocycles. The molecule has 0 bridgehead atoms. The molecule has 2 aromatic rings. The molecule has 0 aromatic heterocycles. The molecule has 1 aliphatic rings. The number of aliphatic imine (C=N–C) groups is 1. The minimum atomic E-state index is 0.209. The summed E-state index contributed by atoms with van der Waals surface area (Å²) in [5.41, 5.74) is 9.92. The van der Waals surface area contributed by atoms with E-state index in [1.807, 2.05) is 50.5 Å². The van der Waals surface area contributed by atoms with Gasteiger partial charge in [-0.1, -0.05) is 35.9 Å². The number of nitrogens with zero attached hydrogens (tertiary/aromatic N) is 3. The van der Waals surface area contributed by atoms with Gasteiger partial charge in [-0.3, -0.25) is 0 Å². The molecule has 0 spiro atoms. The van der Waals surface area contributed by atoms with E-state index in [1.54, 1.807) is 17.0 Å². The molecule has 1 fully saturated rings. The third kappa shape index (κ3) is 3.94. The van der Waals surface area contributed by atoms with Gasteiger partial charge in [-0.05, 0) is 36.3 Å². The highest BCUT2D eigenvalue weighted by Crippen LogP contribution is 2.34. The number of para-hydroxylation sites is 1. The normalized spacial score (nSPS) is 16.7. The van der Waals surface area contributed by atoms with Crippen molar-refractivity contribution in [3.05, 3.63) is 64.7 Å². The van der Waals surface area contributed by atoms with Gasteiger partial charge in [0.25, 0.3) is 0 Å². The fourth-order valence-corrected chi connectivity index (χ4v) is 3.24. The number of nitrogens with two attached hydrogens (primary N) is 1. The van der Waals surface area contributed by atoms with Gasteiger partial charge in [-0.15, -0.1) is 0 Å². The van der Waals surface area contributed by atoms with Crippen molar-refractivity contribution in [2.24, 2.45) is 10.7 Å². The van der Waals surface area contributed by atoms with E-state index in [2.05, 4.69) is 9.89 Å². The third-order valence-electron chi connectivity index (χ3n) is 4.40. The average molecular weight is 371 g/mol. The minimum Gasteiger partial charge on any atom is -0.508 e. The summed E-state index contributed by atoms with van der Waals surface area (Å²) in [6, 6.07) is 15.0. The summed E-state index contributed by atoms with van der Waals surface area (Å²) in [7, 11) is 3.71. The summed E-state index contributed by atoms with van der Waals surface area (Å²) >= 11 is 6.35. The van der Waals surface area contributed by atoms with Crippen molar-refractivity contribution >= 4 is 28.9 Å². The number of hydrogen-bond acceptors (Lipinski definition) is 3. The van der Waals surface area contributed by atoms with Gasteiger partial charge in [0.1, 0.15) is 5.75 Å². The van der Waals surface area contributed by atoms with Crippen molar-refractivity contribution in [3.8, 4) is 5.75 Å². The first-order valence-electron chi connectivity index (χ1n) is 8.48. The largest absolute Gasteiger partial charge is 0.508 e. The Balaban J connectivity index is 2.01. The van der Waals surface area contributed by atoms with Crippen LogP contribution < -0.4 is 10.6 Å². The molecular formula is C20H23ClN4O. The van der Waals surface area contributed by atoms with Crippen LogP contribution in [-0.4, -0.2) is 43.2 Å². The van der Waals surface area contributed by atoms with Gasteiger partial charge in [0.2, 0.25) is 0 Å². The number of rotatable bonds is 3. The second-order valence-electron chi connectivity index (χ2n) is 6.49. The summed E-state index contributed by atoms with van der Waals surface area (Å²) in [5.74, 6) is 0.632. The lowest BCUT2D eigenvalue weighted by atomic mass is 10.1. The first kappa shape index (κ1) is 18.1. The van der Waals surface area contributed by atoms with Crippen LogP contribution >= 0.6 is 11.6 Å². The maximum absolute atomic E-state index is 9.87. The fourth-order valence-electron chi connectivity index (χ4n) is 2.98. The molecule has 0 radical (unpaired) electrons. The standard InChI is InChI=1S/C20H23ClN4O/c1-24(2)20(22)23-19(14-6-5-7-16(26)12-14)15-10-11-25(13-15)18-9-4-3-8-17(18)21/h3-9,12,26H,10-11,13H2,1-2H3,(H2,22,23)/b19-15-. The van der Waals surface area contributed by atoms with Crippen LogP contribution in [0.4, 0.5) is 5.69 Å². The number of aromatic hydroxyl groups is 1. The Morgan fingerprint density at radius 3 is 2.65 bits per heavy atom. The number of benzene rings is 2. The lowest BCUT2D eigenvalue weighted by molar-refractivity contribution is 0.475. The van der Waals surface area contributed by atoms with E-state index in [-0.39, 0.29) is 5.75 Å². The first-order valence-corrected chi connectivity index (χ1v) is 8.86. The van der Waals surface area contributed by atoms with Gasteiger partial charge in [0.15, 0.2) is 5.96 Å². The first-order chi connectivity index (χ1) is 12.5. The molecule has 26 heavy (non-hydrogen) atoms. The van der Waals surface area contributed by atoms with Crippen LogP contribution in [0, 0.1) is 0 Å². The molecule has 3 N–H and O–H groups in total. The van der Waals surface area contributed by atoms with Crippen molar-refractivity contribution in [1.29, 1.82) is 0 Å².